The number of benzene rings is 1. The molecule has 1 fully saturated rings. The van der Waals surface area contributed by atoms with Crippen molar-refractivity contribution in [1.82, 2.24) is 15.3 Å². The summed E-state index contributed by atoms with van der Waals surface area (Å²) in [5.41, 5.74) is 0.971. The second-order valence-corrected chi connectivity index (χ2v) is 7.22. The molecule has 7 nitrogen and oxygen atoms in total. The number of nitrogens with one attached hydrogen (secondary N) is 2. The molecule has 0 aliphatic carbocycles. The molecule has 0 bridgehead atoms. The highest BCUT2D eigenvalue weighted by Crippen LogP contribution is 2.17. The van der Waals surface area contributed by atoms with Crippen LogP contribution >= 0.6 is 11.8 Å². The second-order valence-electron chi connectivity index (χ2n) is 6.21. The minimum absolute atomic E-state index is 0.272. The molecule has 0 spiro atoms. The summed E-state index contributed by atoms with van der Waals surface area (Å²) >= 11 is 1.61. The summed E-state index contributed by atoms with van der Waals surface area (Å²) < 4.78 is 0. The molecule has 0 amide bonds. The minimum Gasteiger partial charge on any atom is -0.508 e. The fourth-order valence-electron chi connectivity index (χ4n) is 2.80. The van der Waals surface area contributed by atoms with Gasteiger partial charge >= 0.3 is 0 Å². The van der Waals surface area contributed by atoms with Crippen LogP contribution in [0.5, 0.6) is 5.75 Å². The molecule has 1 saturated heterocycles. The number of piperazine rings is 1. The lowest BCUT2D eigenvalue weighted by Crippen LogP contribution is -2.43. The molecule has 3 N–H and O–H groups in total. The van der Waals surface area contributed by atoms with Gasteiger partial charge in [0.2, 0.25) is 0 Å². The SMILES string of the molecule is CCN=C(Nc1cc(N2CCNCC2)ncn1)SC/C=C/c1cccc(O)c1. The van der Waals surface area contributed by atoms with Gasteiger partial charge in [-0.2, -0.15) is 0 Å². The highest BCUT2D eigenvalue weighted by molar-refractivity contribution is 8.14. The molecule has 2 heterocycles. The lowest BCUT2D eigenvalue weighted by Gasteiger charge is -2.28. The van der Waals surface area contributed by atoms with Gasteiger partial charge in [-0.3, -0.25) is 4.99 Å². The zero-order chi connectivity index (χ0) is 19.6. The van der Waals surface area contributed by atoms with Crippen molar-refractivity contribution in [2.45, 2.75) is 6.92 Å². The van der Waals surface area contributed by atoms with E-state index in [9.17, 15) is 5.11 Å². The Labute approximate surface area is 170 Å². The molecular weight excluding hydrogens is 372 g/mol. The Morgan fingerprint density at radius 3 is 2.96 bits per heavy atom. The van der Waals surface area contributed by atoms with E-state index in [1.165, 1.54) is 0 Å². The van der Waals surface area contributed by atoms with E-state index in [2.05, 4.69) is 36.6 Å². The van der Waals surface area contributed by atoms with Crippen molar-refractivity contribution in [3.8, 4) is 5.75 Å². The molecule has 28 heavy (non-hydrogen) atoms. The smallest absolute Gasteiger partial charge is 0.162 e. The van der Waals surface area contributed by atoms with E-state index in [-0.39, 0.29) is 5.75 Å². The summed E-state index contributed by atoms with van der Waals surface area (Å²) in [6, 6.07) is 9.16. The first kappa shape index (κ1) is 20.2. The van der Waals surface area contributed by atoms with Gasteiger partial charge in [0, 0.05) is 44.5 Å². The van der Waals surface area contributed by atoms with E-state index in [0.29, 0.717) is 6.54 Å². The fraction of sp³-hybridized carbons (Fsp3) is 0.350. The van der Waals surface area contributed by atoms with Crippen LogP contribution < -0.4 is 15.5 Å². The molecule has 1 aromatic carbocycles. The number of aliphatic imine (C=N–C) groups is 1. The standard InChI is InChI=1S/C20H26N6OS/c1-2-22-20(28-12-4-6-16-5-3-7-17(27)13-16)25-18-14-19(24-15-23-18)26-10-8-21-9-11-26/h3-7,13-15,21,27H,2,8-12H2,1H3,(H,22,23,24,25)/b6-4+. The third-order valence-corrected chi connectivity index (χ3v) is 4.99. The highest BCUT2D eigenvalue weighted by atomic mass is 32.2. The predicted octanol–water partition coefficient (Wildman–Crippen LogP) is 2.83. The maximum absolute atomic E-state index is 9.52. The Kier molecular flexibility index (Phi) is 7.69. The van der Waals surface area contributed by atoms with Gasteiger partial charge in [0.05, 0.1) is 0 Å². The minimum atomic E-state index is 0.272. The number of nitrogens with zero attached hydrogens (tertiary/aromatic N) is 4. The number of rotatable bonds is 6. The molecule has 148 valence electrons. The summed E-state index contributed by atoms with van der Waals surface area (Å²) in [5, 5.41) is 17.0. The zero-order valence-electron chi connectivity index (χ0n) is 16.0. The summed E-state index contributed by atoms with van der Waals surface area (Å²) in [7, 11) is 0. The maximum atomic E-state index is 9.52. The van der Waals surface area contributed by atoms with Gasteiger partial charge in [-0.25, -0.2) is 9.97 Å². The van der Waals surface area contributed by atoms with E-state index in [4.69, 9.17) is 0 Å². The number of thioether (sulfide) groups is 1. The normalized spacial score (nSPS) is 15.2. The van der Waals surface area contributed by atoms with Gasteiger partial charge < -0.3 is 20.6 Å². The lowest BCUT2D eigenvalue weighted by molar-refractivity contribution is 0.475. The largest absolute Gasteiger partial charge is 0.508 e. The van der Waals surface area contributed by atoms with Gasteiger partial charge in [0.1, 0.15) is 23.7 Å². The third kappa shape index (κ3) is 6.24. The van der Waals surface area contributed by atoms with Crippen LogP contribution in [0.2, 0.25) is 0 Å². The van der Waals surface area contributed by atoms with Crippen molar-refractivity contribution < 1.29 is 5.11 Å². The Bertz CT molecular complexity index is 820. The van der Waals surface area contributed by atoms with Gasteiger partial charge in [-0.15, -0.1) is 0 Å². The van der Waals surface area contributed by atoms with Crippen molar-refractivity contribution in [3.63, 3.8) is 0 Å². The van der Waals surface area contributed by atoms with Crippen molar-refractivity contribution in [2.24, 2.45) is 4.99 Å². The number of hydrogen-bond donors (Lipinski definition) is 3. The van der Waals surface area contributed by atoms with Crippen molar-refractivity contribution in [2.75, 3.05) is 48.7 Å². The lowest BCUT2D eigenvalue weighted by atomic mass is 10.2. The summed E-state index contributed by atoms with van der Waals surface area (Å²) in [6.45, 7) is 6.54. The first-order valence-corrected chi connectivity index (χ1v) is 10.4. The number of phenols is 1. The molecule has 1 aliphatic heterocycles. The molecule has 0 unspecified atom stereocenters. The Balaban J connectivity index is 1.58. The molecule has 0 radical (unpaired) electrons. The van der Waals surface area contributed by atoms with Crippen molar-refractivity contribution >= 4 is 34.6 Å². The molecule has 0 atom stereocenters. The predicted molar refractivity (Wildman–Crippen MR) is 118 cm³/mol. The van der Waals surface area contributed by atoms with E-state index in [1.54, 1.807) is 30.2 Å². The van der Waals surface area contributed by atoms with Gasteiger partial charge in [-0.05, 0) is 24.6 Å². The van der Waals surface area contributed by atoms with Crippen LogP contribution in [-0.2, 0) is 0 Å². The second kappa shape index (κ2) is 10.7. The number of amidine groups is 1. The number of aromatic hydroxyl groups is 1. The molecule has 0 saturated carbocycles. The Hall–Kier alpha value is -2.58. The van der Waals surface area contributed by atoms with Crippen LogP contribution in [0.15, 0.2) is 47.7 Å². The number of hydrogen-bond acceptors (Lipinski definition) is 7. The number of aromatic nitrogens is 2. The summed E-state index contributed by atoms with van der Waals surface area (Å²) in [5.74, 6) is 2.72. The summed E-state index contributed by atoms with van der Waals surface area (Å²) in [4.78, 5) is 15.5. The average molecular weight is 399 g/mol. The molecular formula is C20H26N6OS. The van der Waals surface area contributed by atoms with Crippen LogP contribution in [-0.4, -0.2) is 58.7 Å². The van der Waals surface area contributed by atoms with Crippen LogP contribution in [0.4, 0.5) is 11.6 Å². The Morgan fingerprint density at radius 1 is 1.32 bits per heavy atom. The topological polar surface area (TPSA) is 85.7 Å². The monoisotopic (exact) mass is 398 g/mol. The molecule has 2 aromatic rings. The van der Waals surface area contributed by atoms with Gasteiger partial charge in [0.25, 0.3) is 0 Å². The van der Waals surface area contributed by atoms with Crippen LogP contribution in [0.1, 0.15) is 12.5 Å². The molecule has 3 rings (SSSR count). The van der Waals surface area contributed by atoms with E-state index in [1.807, 2.05) is 31.2 Å². The molecule has 1 aromatic heterocycles. The number of anilines is 2. The van der Waals surface area contributed by atoms with Crippen LogP contribution in [0, 0.1) is 0 Å². The Morgan fingerprint density at radius 2 is 2.18 bits per heavy atom. The van der Waals surface area contributed by atoms with E-state index < -0.39 is 0 Å². The van der Waals surface area contributed by atoms with Gasteiger partial charge in [0.15, 0.2) is 5.17 Å². The van der Waals surface area contributed by atoms with Crippen molar-refractivity contribution in [1.29, 1.82) is 0 Å². The average Bonchev–Trinajstić information content (AvgIpc) is 2.72. The maximum Gasteiger partial charge on any atom is 0.162 e. The number of phenolic OH excluding ortho intramolecular Hbond substituents is 1. The zero-order valence-corrected chi connectivity index (χ0v) is 16.8. The van der Waals surface area contributed by atoms with Gasteiger partial charge in [-0.1, -0.05) is 36.0 Å². The van der Waals surface area contributed by atoms with E-state index >= 15 is 0 Å². The molecule has 1 aliphatic rings. The summed E-state index contributed by atoms with van der Waals surface area (Å²) in [6.07, 6.45) is 5.64. The first-order valence-electron chi connectivity index (χ1n) is 9.42. The quantitative estimate of drug-likeness (QED) is 0.510. The molecule has 8 heteroatoms. The fourth-order valence-corrected chi connectivity index (χ4v) is 3.54. The first-order chi connectivity index (χ1) is 13.7. The van der Waals surface area contributed by atoms with Crippen LogP contribution in [0.25, 0.3) is 6.08 Å². The highest BCUT2D eigenvalue weighted by Gasteiger charge is 2.12. The van der Waals surface area contributed by atoms with E-state index in [0.717, 1.165) is 54.3 Å². The third-order valence-electron chi connectivity index (χ3n) is 4.13. The van der Waals surface area contributed by atoms with Crippen molar-refractivity contribution in [3.05, 3.63) is 48.3 Å². The van der Waals surface area contributed by atoms with Crippen LogP contribution in [0.3, 0.4) is 0 Å².